The lowest BCUT2D eigenvalue weighted by molar-refractivity contribution is -0.139. The molecule has 0 aliphatic carbocycles. The summed E-state index contributed by atoms with van der Waals surface area (Å²) in [7, 11) is 0. The molecule has 1 aromatic rings. The monoisotopic (exact) mass is 374 g/mol. The molecular formula is C19H23FN4O3. The number of carbonyl (C=O) groups is 3. The molecule has 144 valence electrons. The van der Waals surface area contributed by atoms with Crippen molar-refractivity contribution in [1.29, 1.82) is 0 Å². The number of hydrogen-bond donors (Lipinski definition) is 1. The van der Waals surface area contributed by atoms with Gasteiger partial charge in [0.2, 0.25) is 11.8 Å². The fourth-order valence-corrected chi connectivity index (χ4v) is 3.25. The van der Waals surface area contributed by atoms with Gasteiger partial charge in [-0.25, -0.2) is 9.18 Å². The molecule has 3 rings (SSSR count). The van der Waals surface area contributed by atoms with Crippen molar-refractivity contribution >= 4 is 24.1 Å². The van der Waals surface area contributed by atoms with Gasteiger partial charge in [0, 0.05) is 12.8 Å². The fraction of sp³-hybridized carbons (Fsp3) is 0.474. The minimum absolute atomic E-state index is 0.0314. The number of hydrogen-bond acceptors (Lipinski definition) is 5. The SMILES string of the molecule is O=C1NC(=O)N(Cc2ccc(F)cc2)C(=O)[C@@H]1C=NCCN1CCCCC1. The maximum Gasteiger partial charge on any atom is 0.331 e. The van der Waals surface area contributed by atoms with Gasteiger partial charge >= 0.3 is 6.03 Å². The summed E-state index contributed by atoms with van der Waals surface area (Å²) in [6, 6.07) is 4.73. The number of nitrogens with one attached hydrogen (secondary N) is 1. The molecule has 2 aliphatic heterocycles. The number of barbiturate groups is 1. The molecule has 0 spiro atoms. The van der Waals surface area contributed by atoms with Crippen molar-refractivity contribution in [3.05, 3.63) is 35.6 Å². The molecule has 27 heavy (non-hydrogen) atoms. The molecule has 7 nitrogen and oxygen atoms in total. The lowest BCUT2D eigenvalue weighted by Gasteiger charge is -2.28. The summed E-state index contributed by atoms with van der Waals surface area (Å²) in [4.78, 5) is 44.1. The zero-order chi connectivity index (χ0) is 19.2. The van der Waals surface area contributed by atoms with E-state index in [4.69, 9.17) is 0 Å². The van der Waals surface area contributed by atoms with Crippen LogP contribution in [0.25, 0.3) is 0 Å². The first-order chi connectivity index (χ1) is 13.0. The van der Waals surface area contributed by atoms with Crippen LogP contribution in [0.1, 0.15) is 24.8 Å². The van der Waals surface area contributed by atoms with Crippen molar-refractivity contribution in [2.45, 2.75) is 25.8 Å². The van der Waals surface area contributed by atoms with Gasteiger partial charge in [-0.3, -0.25) is 24.8 Å². The lowest BCUT2D eigenvalue weighted by Crippen LogP contribution is -2.57. The number of likely N-dealkylation sites (tertiary alicyclic amines) is 1. The molecule has 0 radical (unpaired) electrons. The smallest absolute Gasteiger partial charge is 0.302 e. The first kappa shape index (κ1) is 19.2. The van der Waals surface area contributed by atoms with E-state index in [0.717, 1.165) is 24.5 Å². The fourth-order valence-electron chi connectivity index (χ4n) is 3.25. The molecule has 2 fully saturated rings. The van der Waals surface area contributed by atoms with Crippen LogP contribution in [0.3, 0.4) is 0 Å². The van der Waals surface area contributed by atoms with Crippen molar-refractivity contribution in [2.24, 2.45) is 10.9 Å². The predicted octanol–water partition coefficient (Wildman–Crippen LogP) is 1.58. The Bertz CT molecular complexity index is 729. The second kappa shape index (κ2) is 8.85. The Morgan fingerprint density at radius 1 is 1.11 bits per heavy atom. The van der Waals surface area contributed by atoms with E-state index >= 15 is 0 Å². The van der Waals surface area contributed by atoms with Gasteiger partial charge in [0.15, 0.2) is 5.92 Å². The highest BCUT2D eigenvalue weighted by molar-refractivity contribution is 6.23. The van der Waals surface area contributed by atoms with Gasteiger partial charge in [-0.2, -0.15) is 0 Å². The minimum Gasteiger partial charge on any atom is -0.302 e. The van der Waals surface area contributed by atoms with E-state index in [1.165, 1.54) is 49.7 Å². The topological polar surface area (TPSA) is 82.1 Å². The molecule has 4 amide bonds. The van der Waals surface area contributed by atoms with E-state index in [0.29, 0.717) is 12.1 Å². The quantitative estimate of drug-likeness (QED) is 0.605. The van der Waals surface area contributed by atoms with Gasteiger partial charge in [-0.05, 0) is 43.6 Å². The Hall–Kier alpha value is -2.61. The zero-order valence-corrected chi connectivity index (χ0v) is 15.1. The molecule has 1 atom stereocenters. The van der Waals surface area contributed by atoms with Crippen molar-refractivity contribution in [3.8, 4) is 0 Å². The predicted molar refractivity (Wildman–Crippen MR) is 97.6 cm³/mol. The summed E-state index contributed by atoms with van der Waals surface area (Å²) in [5.41, 5.74) is 0.593. The van der Waals surface area contributed by atoms with Gasteiger partial charge in [-0.15, -0.1) is 0 Å². The summed E-state index contributed by atoms with van der Waals surface area (Å²) < 4.78 is 13.0. The highest BCUT2D eigenvalue weighted by Gasteiger charge is 2.39. The second-order valence-electron chi connectivity index (χ2n) is 6.78. The molecule has 2 saturated heterocycles. The van der Waals surface area contributed by atoms with Gasteiger partial charge in [0.25, 0.3) is 0 Å². The average Bonchev–Trinajstić information content (AvgIpc) is 2.66. The van der Waals surface area contributed by atoms with E-state index in [1.54, 1.807) is 0 Å². The van der Waals surface area contributed by atoms with Crippen LogP contribution in [0.15, 0.2) is 29.3 Å². The number of carbonyl (C=O) groups excluding carboxylic acids is 3. The van der Waals surface area contributed by atoms with Gasteiger partial charge in [0.05, 0.1) is 13.1 Å². The van der Waals surface area contributed by atoms with Crippen LogP contribution in [0.4, 0.5) is 9.18 Å². The van der Waals surface area contributed by atoms with E-state index in [-0.39, 0.29) is 6.54 Å². The van der Waals surface area contributed by atoms with Crippen LogP contribution >= 0.6 is 0 Å². The molecule has 1 N–H and O–H groups in total. The molecule has 0 unspecified atom stereocenters. The summed E-state index contributed by atoms with van der Waals surface area (Å²) in [6.07, 6.45) is 4.96. The Morgan fingerprint density at radius 3 is 2.52 bits per heavy atom. The van der Waals surface area contributed by atoms with Gasteiger partial charge in [-0.1, -0.05) is 18.6 Å². The number of piperidine rings is 1. The van der Waals surface area contributed by atoms with E-state index in [2.05, 4.69) is 15.2 Å². The highest BCUT2D eigenvalue weighted by Crippen LogP contribution is 2.14. The molecule has 2 aliphatic rings. The number of amides is 4. The maximum atomic E-state index is 13.0. The second-order valence-corrected chi connectivity index (χ2v) is 6.78. The molecule has 0 bridgehead atoms. The van der Waals surface area contributed by atoms with E-state index in [9.17, 15) is 18.8 Å². The first-order valence-corrected chi connectivity index (χ1v) is 9.17. The van der Waals surface area contributed by atoms with E-state index < -0.39 is 29.6 Å². The van der Waals surface area contributed by atoms with Crippen molar-refractivity contribution in [3.63, 3.8) is 0 Å². The van der Waals surface area contributed by atoms with Crippen molar-refractivity contribution in [1.82, 2.24) is 15.1 Å². The molecule has 2 heterocycles. The van der Waals surface area contributed by atoms with Gasteiger partial charge < -0.3 is 4.90 Å². The number of urea groups is 1. The number of nitrogens with zero attached hydrogens (tertiary/aromatic N) is 3. The molecule has 0 saturated carbocycles. The third-order valence-electron chi connectivity index (χ3n) is 4.79. The summed E-state index contributed by atoms with van der Waals surface area (Å²) in [6.45, 7) is 3.37. The maximum absolute atomic E-state index is 13.0. The zero-order valence-electron chi connectivity index (χ0n) is 15.1. The number of imide groups is 2. The Labute approximate surface area is 157 Å². The summed E-state index contributed by atoms with van der Waals surface area (Å²) >= 11 is 0. The highest BCUT2D eigenvalue weighted by atomic mass is 19.1. The standard InChI is InChI=1S/C19H23FN4O3/c20-15-6-4-14(5-7-15)13-24-18(26)16(17(25)22-19(24)27)12-21-8-11-23-9-2-1-3-10-23/h4-7,12,16H,1-3,8-11,13H2,(H,22,25,27)/t16-/m1/s1. The minimum atomic E-state index is -1.12. The van der Waals surface area contributed by atoms with Gasteiger partial charge in [0.1, 0.15) is 5.82 Å². The first-order valence-electron chi connectivity index (χ1n) is 9.17. The summed E-state index contributed by atoms with van der Waals surface area (Å²) in [5, 5.41) is 2.18. The third-order valence-corrected chi connectivity index (χ3v) is 4.79. The normalized spacial score (nSPS) is 21.7. The summed E-state index contributed by atoms with van der Waals surface area (Å²) in [5.74, 6) is -2.80. The Balaban J connectivity index is 1.59. The van der Waals surface area contributed by atoms with Crippen LogP contribution < -0.4 is 5.32 Å². The van der Waals surface area contributed by atoms with Crippen LogP contribution in [-0.4, -0.2) is 60.0 Å². The van der Waals surface area contributed by atoms with E-state index in [1.807, 2.05) is 0 Å². The Morgan fingerprint density at radius 2 is 1.81 bits per heavy atom. The molecular weight excluding hydrogens is 351 g/mol. The number of benzene rings is 1. The largest absolute Gasteiger partial charge is 0.331 e. The molecule has 1 aromatic carbocycles. The van der Waals surface area contributed by atoms with Crippen molar-refractivity contribution < 1.29 is 18.8 Å². The lowest BCUT2D eigenvalue weighted by atomic mass is 10.1. The number of aliphatic imine (C=N–C) groups is 1. The average molecular weight is 374 g/mol. The van der Waals surface area contributed by atoms with Crippen LogP contribution in [0.2, 0.25) is 0 Å². The molecule has 0 aromatic heterocycles. The van der Waals surface area contributed by atoms with Crippen molar-refractivity contribution in [2.75, 3.05) is 26.2 Å². The number of rotatable bonds is 6. The molecule has 8 heteroatoms. The Kier molecular flexibility index (Phi) is 6.28. The third kappa shape index (κ3) is 4.97. The van der Waals surface area contributed by atoms with Crippen LogP contribution in [0.5, 0.6) is 0 Å². The van der Waals surface area contributed by atoms with Crippen LogP contribution in [-0.2, 0) is 16.1 Å². The number of halogens is 1. The van der Waals surface area contributed by atoms with Crippen LogP contribution in [0, 0.1) is 11.7 Å².